The van der Waals surface area contributed by atoms with E-state index in [0.29, 0.717) is 11.5 Å². The Morgan fingerprint density at radius 3 is 2.45 bits per heavy atom. The monoisotopic (exact) mass is 153 g/mol. The van der Waals surface area contributed by atoms with E-state index in [-0.39, 0.29) is 5.91 Å². The Balaban J connectivity index is 3.97. The van der Waals surface area contributed by atoms with Gasteiger partial charge in [-0.05, 0) is 5.92 Å². The van der Waals surface area contributed by atoms with E-state index in [1.54, 1.807) is 13.1 Å². The molecule has 0 saturated heterocycles. The van der Waals surface area contributed by atoms with Crippen LogP contribution in [0.25, 0.3) is 0 Å². The maximum absolute atomic E-state index is 10.9. The van der Waals surface area contributed by atoms with Crippen molar-refractivity contribution in [3.05, 3.63) is 24.3 Å². The molecule has 0 aliphatic heterocycles. The predicted octanol–water partition coefficient (Wildman–Crippen LogP) is 1.50. The standard InChI is InChI=1S/C9H15NO/c1-7(2)5-6-8(3)9(11)10-4/h5-7H,3H2,1-2,4H3,(H,10,11)/b6-5-. The summed E-state index contributed by atoms with van der Waals surface area (Å²) in [5, 5.41) is 2.50. The molecule has 0 aliphatic carbocycles. The molecule has 1 N–H and O–H groups in total. The second-order valence-electron chi connectivity index (χ2n) is 2.71. The first-order valence-electron chi connectivity index (χ1n) is 3.67. The molecule has 0 rings (SSSR count). The minimum Gasteiger partial charge on any atom is -0.355 e. The molecule has 2 heteroatoms. The SMILES string of the molecule is C=C(/C=C\C(C)C)C(=O)NC. The number of hydrogen-bond donors (Lipinski definition) is 1. The average Bonchev–Trinajstić information content (AvgIpc) is 1.98. The Labute approximate surface area is 68.0 Å². The second kappa shape index (κ2) is 4.72. The van der Waals surface area contributed by atoms with Gasteiger partial charge in [0.1, 0.15) is 0 Å². The largest absolute Gasteiger partial charge is 0.355 e. The number of likely N-dealkylation sites (N-methyl/N-ethyl adjacent to an activating group) is 1. The van der Waals surface area contributed by atoms with E-state index in [0.717, 1.165) is 0 Å². The molecule has 0 heterocycles. The molecule has 0 aromatic carbocycles. The zero-order valence-corrected chi connectivity index (χ0v) is 7.35. The molecule has 0 atom stereocenters. The van der Waals surface area contributed by atoms with Crippen LogP contribution in [0.5, 0.6) is 0 Å². The van der Waals surface area contributed by atoms with Gasteiger partial charge in [0.2, 0.25) is 5.91 Å². The summed E-state index contributed by atoms with van der Waals surface area (Å²) in [6, 6.07) is 0. The summed E-state index contributed by atoms with van der Waals surface area (Å²) in [7, 11) is 1.59. The van der Waals surface area contributed by atoms with Crippen molar-refractivity contribution >= 4 is 5.91 Å². The zero-order valence-electron chi connectivity index (χ0n) is 7.35. The van der Waals surface area contributed by atoms with Gasteiger partial charge in [-0.3, -0.25) is 4.79 Å². The number of carbonyl (C=O) groups is 1. The topological polar surface area (TPSA) is 29.1 Å². The van der Waals surface area contributed by atoms with Crippen molar-refractivity contribution in [3.63, 3.8) is 0 Å². The highest BCUT2D eigenvalue weighted by molar-refractivity contribution is 5.95. The molecular weight excluding hydrogens is 138 g/mol. The van der Waals surface area contributed by atoms with Gasteiger partial charge < -0.3 is 5.32 Å². The fourth-order valence-electron chi connectivity index (χ4n) is 0.545. The molecule has 2 nitrogen and oxygen atoms in total. The van der Waals surface area contributed by atoms with E-state index in [1.165, 1.54) is 0 Å². The predicted molar refractivity (Wildman–Crippen MR) is 47.2 cm³/mol. The molecular formula is C9H15NO. The minimum absolute atomic E-state index is 0.123. The number of hydrogen-bond acceptors (Lipinski definition) is 1. The molecule has 0 bridgehead atoms. The lowest BCUT2D eigenvalue weighted by atomic mass is 10.1. The third-order valence-corrected chi connectivity index (χ3v) is 1.20. The van der Waals surface area contributed by atoms with Crippen LogP contribution in [0.2, 0.25) is 0 Å². The van der Waals surface area contributed by atoms with Gasteiger partial charge in [-0.1, -0.05) is 32.6 Å². The van der Waals surface area contributed by atoms with Crippen LogP contribution in [0.3, 0.4) is 0 Å². The Morgan fingerprint density at radius 1 is 1.55 bits per heavy atom. The van der Waals surface area contributed by atoms with Gasteiger partial charge in [-0.2, -0.15) is 0 Å². The third-order valence-electron chi connectivity index (χ3n) is 1.20. The maximum Gasteiger partial charge on any atom is 0.250 e. The quantitative estimate of drug-likeness (QED) is 0.483. The van der Waals surface area contributed by atoms with Crippen LogP contribution < -0.4 is 5.32 Å². The number of rotatable bonds is 3. The van der Waals surface area contributed by atoms with Crippen LogP contribution in [0, 0.1) is 5.92 Å². The number of amides is 1. The molecule has 0 radical (unpaired) electrons. The Morgan fingerprint density at radius 2 is 2.09 bits per heavy atom. The fourth-order valence-corrected chi connectivity index (χ4v) is 0.545. The third kappa shape index (κ3) is 4.37. The van der Waals surface area contributed by atoms with Crippen LogP contribution in [0.1, 0.15) is 13.8 Å². The lowest BCUT2D eigenvalue weighted by Gasteiger charge is -1.97. The normalized spacial score (nSPS) is 10.5. The highest BCUT2D eigenvalue weighted by atomic mass is 16.1. The first-order chi connectivity index (χ1) is 5.07. The van der Waals surface area contributed by atoms with Crippen molar-refractivity contribution in [1.82, 2.24) is 5.32 Å². The van der Waals surface area contributed by atoms with Crippen LogP contribution >= 0.6 is 0 Å². The van der Waals surface area contributed by atoms with Gasteiger partial charge in [0.05, 0.1) is 0 Å². The van der Waals surface area contributed by atoms with Crippen LogP contribution in [0.4, 0.5) is 0 Å². The van der Waals surface area contributed by atoms with Crippen LogP contribution in [-0.2, 0) is 4.79 Å². The summed E-state index contributed by atoms with van der Waals surface area (Å²) in [5.41, 5.74) is 0.501. The van der Waals surface area contributed by atoms with E-state index in [9.17, 15) is 4.79 Å². The molecule has 0 aliphatic rings. The molecule has 0 unspecified atom stereocenters. The van der Waals surface area contributed by atoms with Gasteiger partial charge in [-0.25, -0.2) is 0 Å². The lowest BCUT2D eigenvalue weighted by molar-refractivity contribution is -0.116. The fraction of sp³-hybridized carbons (Fsp3) is 0.444. The number of carbonyl (C=O) groups excluding carboxylic acids is 1. The smallest absolute Gasteiger partial charge is 0.250 e. The van der Waals surface area contributed by atoms with E-state index in [1.807, 2.05) is 19.9 Å². The Hall–Kier alpha value is -1.05. The second-order valence-corrected chi connectivity index (χ2v) is 2.71. The first-order valence-corrected chi connectivity index (χ1v) is 3.67. The molecule has 0 saturated carbocycles. The van der Waals surface area contributed by atoms with Gasteiger partial charge in [0.15, 0.2) is 0 Å². The van der Waals surface area contributed by atoms with E-state index < -0.39 is 0 Å². The van der Waals surface area contributed by atoms with Gasteiger partial charge in [0.25, 0.3) is 0 Å². The highest BCUT2D eigenvalue weighted by Gasteiger charge is 1.98. The van der Waals surface area contributed by atoms with E-state index in [2.05, 4.69) is 11.9 Å². The molecule has 62 valence electrons. The van der Waals surface area contributed by atoms with Crippen molar-refractivity contribution in [1.29, 1.82) is 0 Å². The van der Waals surface area contributed by atoms with Gasteiger partial charge in [0, 0.05) is 12.6 Å². The molecule has 0 fully saturated rings. The molecule has 0 aromatic heterocycles. The van der Waals surface area contributed by atoms with Crippen LogP contribution in [0.15, 0.2) is 24.3 Å². The van der Waals surface area contributed by atoms with E-state index >= 15 is 0 Å². The Kier molecular flexibility index (Phi) is 4.27. The molecule has 11 heavy (non-hydrogen) atoms. The first kappa shape index (κ1) is 9.95. The summed E-state index contributed by atoms with van der Waals surface area (Å²) >= 11 is 0. The molecule has 1 amide bonds. The summed E-state index contributed by atoms with van der Waals surface area (Å²) in [6.07, 6.45) is 3.68. The van der Waals surface area contributed by atoms with Crippen LogP contribution in [-0.4, -0.2) is 13.0 Å². The summed E-state index contributed by atoms with van der Waals surface area (Å²) in [4.78, 5) is 10.9. The maximum atomic E-state index is 10.9. The lowest BCUT2D eigenvalue weighted by Crippen LogP contribution is -2.18. The van der Waals surface area contributed by atoms with Gasteiger partial charge >= 0.3 is 0 Å². The van der Waals surface area contributed by atoms with Crippen molar-refractivity contribution < 1.29 is 4.79 Å². The molecule has 0 aromatic rings. The van der Waals surface area contributed by atoms with Gasteiger partial charge in [-0.15, -0.1) is 0 Å². The highest BCUT2D eigenvalue weighted by Crippen LogP contribution is 1.98. The summed E-state index contributed by atoms with van der Waals surface area (Å²) in [5.74, 6) is 0.332. The van der Waals surface area contributed by atoms with Crippen molar-refractivity contribution in [2.75, 3.05) is 7.05 Å². The zero-order chi connectivity index (χ0) is 8.85. The van der Waals surface area contributed by atoms with Crippen molar-refractivity contribution in [3.8, 4) is 0 Å². The van der Waals surface area contributed by atoms with Crippen molar-refractivity contribution in [2.24, 2.45) is 5.92 Å². The Bertz CT molecular complexity index is 180. The number of allylic oxidation sites excluding steroid dienone is 1. The average molecular weight is 153 g/mol. The summed E-state index contributed by atoms with van der Waals surface area (Å²) < 4.78 is 0. The summed E-state index contributed by atoms with van der Waals surface area (Å²) in [6.45, 7) is 7.70. The van der Waals surface area contributed by atoms with E-state index in [4.69, 9.17) is 0 Å². The molecule has 0 spiro atoms. The van der Waals surface area contributed by atoms with Crippen molar-refractivity contribution in [2.45, 2.75) is 13.8 Å². The minimum atomic E-state index is -0.123. The number of nitrogens with one attached hydrogen (secondary N) is 1.